The summed E-state index contributed by atoms with van der Waals surface area (Å²) in [6, 6.07) is 6.37. The molecule has 3 rings (SSSR count). The van der Waals surface area contributed by atoms with Crippen molar-refractivity contribution in [3.05, 3.63) is 45.6 Å². The van der Waals surface area contributed by atoms with Crippen LogP contribution < -0.4 is 5.32 Å². The van der Waals surface area contributed by atoms with Gasteiger partial charge in [0.2, 0.25) is 10.0 Å². The molecule has 9 heteroatoms. The highest BCUT2D eigenvalue weighted by Crippen LogP contribution is 2.29. The van der Waals surface area contributed by atoms with Crippen molar-refractivity contribution in [1.82, 2.24) is 4.31 Å². The SMILES string of the molecule is COC(=O)c1cccc(NC(=O)c2sccc2S(=O)(=O)N2CCCCC2)c1C. The number of methoxy groups -OCH3 is 1. The highest BCUT2D eigenvalue weighted by Gasteiger charge is 2.31. The zero-order valence-corrected chi connectivity index (χ0v) is 17.4. The largest absolute Gasteiger partial charge is 0.465 e. The van der Waals surface area contributed by atoms with Gasteiger partial charge in [0.25, 0.3) is 5.91 Å². The molecule has 28 heavy (non-hydrogen) atoms. The number of carbonyl (C=O) groups excluding carboxylic acids is 2. The zero-order valence-electron chi connectivity index (χ0n) is 15.7. The molecule has 7 nitrogen and oxygen atoms in total. The number of ether oxygens (including phenoxy) is 1. The predicted octanol–water partition coefficient (Wildman–Crippen LogP) is 3.27. The standard InChI is InChI=1S/C19H22N2O5S2/c1-13-14(19(23)26-2)7-6-8-15(13)20-18(22)17-16(9-12-27-17)28(24,25)21-10-4-3-5-11-21/h6-9,12H,3-5,10-11H2,1-2H3,(H,20,22). The summed E-state index contributed by atoms with van der Waals surface area (Å²) < 4.78 is 32.1. The van der Waals surface area contributed by atoms with Crippen molar-refractivity contribution in [2.75, 3.05) is 25.5 Å². The van der Waals surface area contributed by atoms with E-state index in [0.29, 0.717) is 29.9 Å². The summed E-state index contributed by atoms with van der Waals surface area (Å²) in [5, 5.41) is 4.33. The summed E-state index contributed by atoms with van der Waals surface area (Å²) in [5.74, 6) is -1.02. The normalized spacial score (nSPS) is 15.2. The number of sulfonamides is 1. The number of hydrogen-bond donors (Lipinski definition) is 1. The van der Waals surface area contributed by atoms with Crippen LogP contribution >= 0.6 is 11.3 Å². The summed E-state index contributed by atoms with van der Waals surface area (Å²) in [7, 11) is -2.43. The van der Waals surface area contributed by atoms with Crippen molar-refractivity contribution in [1.29, 1.82) is 0 Å². The third-order valence-electron chi connectivity index (χ3n) is 4.76. The molecule has 1 aromatic carbocycles. The van der Waals surface area contributed by atoms with Gasteiger partial charge in [-0.05, 0) is 48.9 Å². The van der Waals surface area contributed by atoms with Gasteiger partial charge in [0.05, 0.1) is 12.7 Å². The Kier molecular flexibility index (Phi) is 6.17. The molecule has 0 unspecified atom stereocenters. The first kappa shape index (κ1) is 20.5. The highest BCUT2D eigenvalue weighted by atomic mass is 32.2. The topological polar surface area (TPSA) is 92.8 Å². The van der Waals surface area contributed by atoms with Gasteiger partial charge in [-0.25, -0.2) is 13.2 Å². The molecule has 1 aliphatic rings. The van der Waals surface area contributed by atoms with Gasteiger partial charge >= 0.3 is 5.97 Å². The van der Waals surface area contributed by atoms with Crippen LogP contribution in [0.3, 0.4) is 0 Å². The Bertz CT molecular complexity index is 992. The van der Waals surface area contributed by atoms with E-state index in [0.717, 1.165) is 30.6 Å². The van der Waals surface area contributed by atoms with Gasteiger partial charge in [0, 0.05) is 18.8 Å². The van der Waals surface area contributed by atoms with E-state index in [9.17, 15) is 18.0 Å². The molecule has 1 aromatic heterocycles. The number of amides is 1. The Hall–Kier alpha value is -2.23. The summed E-state index contributed by atoms with van der Waals surface area (Å²) in [6.45, 7) is 2.64. The smallest absolute Gasteiger partial charge is 0.338 e. The second-order valence-corrected chi connectivity index (χ2v) is 9.33. The number of benzene rings is 1. The second-order valence-electron chi connectivity index (χ2n) is 6.50. The number of rotatable bonds is 5. The van der Waals surface area contributed by atoms with Crippen molar-refractivity contribution < 1.29 is 22.7 Å². The minimum absolute atomic E-state index is 0.0266. The Morgan fingerprint density at radius 2 is 1.86 bits per heavy atom. The molecule has 1 saturated heterocycles. The number of carbonyl (C=O) groups is 2. The van der Waals surface area contributed by atoms with Crippen molar-refractivity contribution in [2.24, 2.45) is 0 Å². The maximum Gasteiger partial charge on any atom is 0.338 e. The zero-order chi connectivity index (χ0) is 20.3. The van der Waals surface area contributed by atoms with Crippen LogP contribution in [0.5, 0.6) is 0 Å². The molecule has 1 N–H and O–H groups in total. The quantitative estimate of drug-likeness (QED) is 0.747. The monoisotopic (exact) mass is 422 g/mol. The van der Waals surface area contributed by atoms with Crippen LogP contribution in [0.1, 0.15) is 44.9 Å². The maximum absolute atomic E-state index is 13.0. The molecule has 1 fully saturated rings. The third-order valence-corrected chi connectivity index (χ3v) is 7.74. The van der Waals surface area contributed by atoms with E-state index in [4.69, 9.17) is 4.74 Å². The van der Waals surface area contributed by atoms with Crippen LogP contribution in [0.25, 0.3) is 0 Å². The molecule has 0 saturated carbocycles. The number of nitrogens with one attached hydrogen (secondary N) is 1. The summed E-state index contributed by atoms with van der Waals surface area (Å²) in [5.41, 5.74) is 1.33. The fourth-order valence-corrected chi connectivity index (χ4v) is 6.00. The Morgan fingerprint density at radius 3 is 2.54 bits per heavy atom. The average molecular weight is 423 g/mol. The van der Waals surface area contributed by atoms with Gasteiger partial charge in [0.1, 0.15) is 9.77 Å². The van der Waals surface area contributed by atoms with Crippen LogP contribution in [-0.2, 0) is 14.8 Å². The van der Waals surface area contributed by atoms with Crippen LogP contribution in [0, 0.1) is 6.92 Å². The van der Waals surface area contributed by atoms with Crippen LogP contribution in [0.15, 0.2) is 34.5 Å². The fourth-order valence-electron chi connectivity index (χ4n) is 3.19. The molecular formula is C19H22N2O5S2. The molecule has 1 aliphatic heterocycles. The lowest BCUT2D eigenvalue weighted by atomic mass is 10.1. The Labute approximate surface area is 168 Å². The Morgan fingerprint density at radius 1 is 1.14 bits per heavy atom. The van der Waals surface area contributed by atoms with Crippen molar-refractivity contribution >= 4 is 38.9 Å². The van der Waals surface area contributed by atoms with Gasteiger partial charge in [-0.1, -0.05) is 12.5 Å². The first-order valence-electron chi connectivity index (χ1n) is 8.93. The number of piperidine rings is 1. The average Bonchev–Trinajstić information content (AvgIpc) is 3.20. The molecule has 2 heterocycles. The van der Waals surface area contributed by atoms with Gasteiger partial charge in [-0.15, -0.1) is 11.3 Å². The van der Waals surface area contributed by atoms with E-state index >= 15 is 0 Å². The lowest BCUT2D eigenvalue weighted by Crippen LogP contribution is -2.36. The second kappa shape index (κ2) is 8.42. The van der Waals surface area contributed by atoms with Crippen LogP contribution in [0.4, 0.5) is 5.69 Å². The molecule has 0 atom stereocenters. The maximum atomic E-state index is 13.0. The number of nitrogens with zero attached hydrogens (tertiary/aromatic N) is 1. The minimum Gasteiger partial charge on any atom is -0.465 e. The molecule has 0 radical (unpaired) electrons. The molecule has 0 spiro atoms. The number of thiophene rings is 1. The fraction of sp³-hybridized carbons (Fsp3) is 0.368. The minimum atomic E-state index is -3.71. The van der Waals surface area contributed by atoms with E-state index < -0.39 is 21.9 Å². The van der Waals surface area contributed by atoms with Crippen molar-refractivity contribution in [3.63, 3.8) is 0 Å². The van der Waals surface area contributed by atoms with E-state index in [2.05, 4.69) is 5.32 Å². The first-order chi connectivity index (χ1) is 13.4. The number of anilines is 1. The van der Waals surface area contributed by atoms with Crippen molar-refractivity contribution in [3.8, 4) is 0 Å². The highest BCUT2D eigenvalue weighted by molar-refractivity contribution is 7.89. The molecule has 1 amide bonds. The summed E-state index contributed by atoms with van der Waals surface area (Å²) >= 11 is 1.08. The van der Waals surface area contributed by atoms with Gasteiger partial charge in [-0.3, -0.25) is 4.79 Å². The van der Waals surface area contributed by atoms with Crippen molar-refractivity contribution in [2.45, 2.75) is 31.1 Å². The van der Waals surface area contributed by atoms with E-state index in [1.807, 2.05) is 0 Å². The lowest BCUT2D eigenvalue weighted by Gasteiger charge is -2.25. The van der Waals surface area contributed by atoms with E-state index in [1.165, 1.54) is 17.5 Å². The van der Waals surface area contributed by atoms with Crippen LogP contribution in [0.2, 0.25) is 0 Å². The lowest BCUT2D eigenvalue weighted by molar-refractivity contribution is 0.0599. The molecule has 0 bridgehead atoms. The van der Waals surface area contributed by atoms with Gasteiger partial charge in [-0.2, -0.15) is 4.31 Å². The number of esters is 1. The molecular weight excluding hydrogens is 400 g/mol. The molecule has 2 aromatic rings. The first-order valence-corrected chi connectivity index (χ1v) is 11.2. The van der Waals surface area contributed by atoms with E-state index in [1.54, 1.807) is 30.5 Å². The predicted molar refractivity (Wildman–Crippen MR) is 107 cm³/mol. The Balaban J connectivity index is 1.88. The summed E-state index contributed by atoms with van der Waals surface area (Å²) in [6.07, 6.45) is 2.66. The molecule has 0 aliphatic carbocycles. The van der Waals surface area contributed by atoms with Crippen LogP contribution in [-0.4, -0.2) is 44.8 Å². The third kappa shape index (κ3) is 3.96. The summed E-state index contributed by atoms with van der Waals surface area (Å²) in [4.78, 5) is 24.8. The van der Waals surface area contributed by atoms with E-state index in [-0.39, 0.29) is 9.77 Å². The van der Waals surface area contributed by atoms with Gasteiger partial charge in [0.15, 0.2) is 0 Å². The number of hydrogen-bond acceptors (Lipinski definition) is 6. The molecule has 150 valence electrons. The van der Waals surface area contributed by atoms with Gasteiger partial charge < -0.3 is 10.1 Å².